The van der Waals surface area contributed by atoms with E-state index in [0.29, 0.717) is 11.3 Å². The summed E-state index contributed by atoms with van der Waals surface area (Å²) in [5.74, 6) is -1.08. The largest absolute Gasteiger partial charge is 0.478 e. The third kappa shape index (κ3) is 5.95. The first-order valence-electron chi connectivity index (χ1n) is 6.49. The Kier molecular flexibility index (Phi) is 7.40. The maximum atomic E-state index is 11.2. The van der Waals surface area contributed by atoms with Crippen molar-refractivity contribution in [2.75, 3.05) is 5.32 Å². The summed E-state index contributed by atoms with van der Waals surface area (Å²) in [7, 11) is 0. The molecule has 1 unspecified atom stereocenters. The third-order valence-corrected chi connectivity index (χ3v) is 6.02. The van der Waals surface area contributed by atoms with Crippen LogP contribution < -0.4 is 9.67 Å². The van der Waals surface area contributed by atoms with Crippen LogP contribution >= 0.6 is 11.3 Å². The van der Waals surface area contributed by atoms with E-state index in [-0.39, 0.29) is 10.3 Å². The first kappa shape index (κ1) is 20.1. The molecule has 1 amide bonds. The topological polar surface area (TPSA) is 133 Å². The smallest absolute Gasteiger partial charge is 0.336 e. The van der Waals surface area contributed by atoms with Crippen molar-refractivity contribution < 1.29 is 31.7 Å². The van der Waals surface area contributed by atoms with Crippen molar-refractivity contribution >= 4 is 47.4 Å². The zero-order valence-electron chi connectivity index (χ0n) is 12.8. The standard InChI is InChI=1S/C8H10AsNO5.C6H6O2S/c1-6(11)10-8-4-2-7(3-5-8)9(12,13)15-14;1-4-5(6(7)8)2-3-9-4/h2-5,14H,1H3,(H,10,11)(H,12,13);2-3H,1H3,(H,7,8). The average molecular weight is 417 g/mol. The van der Waals surface area contributed by atoms with Crippen LogP contribution in [0.3, 0.4) is 0 Å². The fourth-order valence-electron chi connectivity index (χ4n) is 1.59. The number of carbonyl (C=O) groups is 2. The fourth-order valence-corrected chi connectivity index (χ4v) is 3.58. The van der Waals surface area contributed by atoms with Crippen LogP contribution in [0.1, 0.15) is 22.2 Å². The van der Waals surface area contributed by atoms with Crippen LogP contribution in [0.5, 0.6) is 0 Å². The van der Waals surface area contributed by atoms with Gasteiger partial charge in [-0.05, 0) is 18.4 Å². The summed E-state index contributed by atoms with van der Waals surface area (Å²) in [6.07, 6.45) is 0. The molecule has 4 N–H and O–H groups in total. The number of hydrogen-bond acceptors (Lipinski definition) is 6. The van der Waals surface area contributed by atoms with E-state index in [1.54, 1.807) is 18.4 Å². The van der Waals surface area contributed by atoms with E-state index in [1.165, 1.54) is 42.5 Å². The molecule has 0 saturated carbocycles. The van der Waals surface area contributed by atoms with E-state index >= 15 is 0 Å². The molecule has 0 spiro atoms. The number of aryl methyl sites for hydroxylation is 1. The molecule has 130 valence electrons. The van der Waals surface area contributed by atoms with E-state index in [4.69, 9.17) is 14.5 Å². The molecule has 1 aromatic heterocycles. The minimum atomic E-state index is -4.76. The minimum Gasteiger partial charge on any atom is -0.478 e. The zero-order valence-corrected chi connectivity index (χ0v) is 15.5. The normalized spacial score (nSPS) is 12.5. The van der Waals surface area contributed by atoms with E-state index < -0.39 is 20.1 Å². The molecule has 0 aliphatic carbocycles. The summed E-state index contributed by atoms with van der Waals surface area (Å²) in [6, 6.07) is 7.12. The fraction of sp³-hybridized carbons (Fsp3) is 0.143. The Labute approximate surface area is 144 Å². The van der Waals surface area contributed by atoms with Gasteiger partial charge in [-0.15, -0.1) is 11.3 Å². The summed E-state index contributed by atoms with van der Waals surface area (Å²) in [6.45, 7) is 3.15. The first-order valence-corrected chi connectivity index (χ1v) is 10.7. The van der Waals surface area contributed by atoms with E-state index in [1.807, 2.05) is 0 Å². The predicted molar refractivity (Wildman–Crippen MR) is 88.8 cm³/mol. The van der Waals surface area contributed by atoms with Gasteiger partial charge in [0.05, 0.1) is 5.56 Å². The number of nitrogens with one attached hydrogen (secondary N) is 1. The maximum Gasteiger partial charge on any atom is 0.336 e. The van der Waals surface area contributed by atoms with Gasteiger partial charge in [0, 0.05) is 4.88 Å². The maximum absolute atomic E-state index is 11.2. The van der Waals surface area contributed by atoms with Gasteiger partial charge >= 0.3 is 94.4 Å². The van der Waals surface area contributed by atoms with Gasteiger partial charge < -0.3 is 5.11 Å². The molecule has 0 saturated heterocycles. The number of hydrogen-bond donors (Lipinski definition) is 4. The van der Waals surface area contributed by atoms with Crippen LogP contribution in [0.15, 0.2) is 35.7 Å². The summed E-state index contributed by atoms with van der Waals surface area (Å²) in [5, 5.41) is 20.9. The van der Waals surface area contributed by atoms with Crippen molar-refractivity contribution in [1.29, 1.82) is 0 Å². The Morgan fingerprint density at radius 2 is 1.79 bits per heavy atom. The predicted octanol–water partition coefficient (Wildman–Crippen LogP) is 1.46. The Balaban J connectivity index is 0.000000272. The van der Waals surface area contributed by atoms with Crippen LogP contribution in [0.4, 0.5) is 5.69 Å². The SMILES string of the molecule is CC(=O)Nc1ccc([As](=O)(O)OO)cc1.Cc1sccc1C(=O)O. The van der Waals surface area contributed by atoms with Gasteiger partial charge in [0.1, 0.15) is 0 Å². The third-order valence-electron chi connectivity index (χ3n) is 2.71. The van der Waals surface area contributed by atoms with Crippen LogP contribution in [0, 0.1) is 6.92 Å². The van der Waals surface area contributed by atoms with Gasteiger partial charge in [0.2, 0.25) is 0 Å². The Morgan fingerprint density at radius 3 is 2.12 bits per heavy atom. The molecule has 0 fully saturated rings. The summed E-state index contributed by atoms with van der Waals surface area (Å²) < 4.78 is 23.8. The number of thiophene rings is 1. The Hall–Kier alpha value is -1.90. The summed E-state index contributed by atoms with van der Waals surface area (Å²) in [5.41, 5.74) is 0.916. The molecular formula is C14H16AsNO7S. The number of anilines is 1. The number of carboxylic acids is 1. The molecule has 8 nitrogen and oxygen atoms in total. The monoisotopic (exact) mass is 417 g/mol. The number of rotatable bonds is 4. The van der Waals surface area contributed by atoms with Crippen LogP contribution in [0.2, 0.25) is 0 Å². The van der Waals surface area contributed by atoms with Crippen molar-refractivity contribution in [2.24, 2.45) is 0 Å². The molecule has 0 bridgehead atoms. The molecule has 10 heteroatoms. The molecule has 2 rings (SSSR count). The molecule has 0 aliphatic rings. The van der Waals surface area contributed by atoms with Gasteiger partial charge in [-0.1, -0.05) is 0 Å². The molecule has 0 aliphatic heterocycles. The second kappa shape index (κ2) is 8.81. The van der Waals surface area contributed by atoms with Crippen molar-refractivity contribution in [1.82, 2.24) is 0 Å². The minimum absolute atomic E-state index is 0.00438. The second-order valence-corrected chi connectivity index (χ2v) is 9.26. The number of amides is 1. The Bertz CT molecular complexity index is 757. The van der Waals surface area contributed by atoms with E-state index in [9.17, 15) is 13.3 Å². The van der Waals surface area contributed by atoms with Crippen LogP contribution in [-0.2, 0) is 12.4 Å². The van der Waals surface area contributed by atoms with Gasteiger partial charge in [-0.25, -0.2) is 4.79 Å². The Morgan fingerprint density at radius 1 is 1.21 bits per heavy atom. The van der Waals surface area contributed by atoms with Crippen molar-refractivity contribution in [3.8, 4) is 0 Å². The van der Waals surface area contributed by atoms with Gasteiger partial charge in [0.15, 0.2) is 0 Å². The van der Waals surface area contributed by atoms with E-state index in [2.05, 4.69) is 9.19 Å². The molecule has 1 atom stereocenters. The van der Waals surface area contributed by atoms with Crippen molar-refractivity contribution in [3.63, 3.8) is 0 Å². The number of aromatic carboxylic acids is 1. The van der Waals surface area contributed by atoms with E-state index in [0.717, 1.165) is 4.88 Å². The first-order chi connectivity index (χ1) is 11.2. The molecule has 0 radical (unpaired) electrons. The average Bonchev–Trinajstić information content (AvgIpc) is 2.94. The molecule has 24 heavy (non-hydrogen) atoms. The van der Waals surface area contributed by atoms with Gasteiger partial charge in [-0.2, -0.15) is 0 Å². The van der Waals surface area contributed by atoms with Gasteiger partial charge in [-0.3, -0.25) is 0 Å². The van der Waals surface area contributed by atoms with Crippen LogP contribution in [-0.4, -0.2) is 40.5 Å². The molecule has 1 aromatic carbocycles. The van der Waals surface area contributed by atoms with Gasteiger partial charge in [0.25, 0.3) is 0 Å². The zero-order chi connectivity index (χ0) is 18.3. The van der Waals surface area contributed by atoms with Crippen molar-refractivity contribution in [3.05, 3.63) is 46.2 Å². The summed E-state index contributed by atoms with van der Waals surface area (Å²) in [4.78, 5) is 21.8. The number of carbonyl (C=O) groups excluding carboxylic acids is 1. The second-order valence-electron chi connectivity index (χ2n) is 4.53. The van der Waals surface area contributed by atoms with Crippen LogP contribution in [0.25, 0.3) is 0 Å². The summed E-state index contributed by atoms with van der Waals surface area (Å²) >= 11 is -3.31. The number of carboxylic acid groups (broad SMARTS) is 1. The number of benzene rings is 1. The molecular weight excluding hydrogens is 401 g/mol. The van der Waals surface area contributed by atoms with Crippen molar-refractivity contribution in [2.45, 2.75) is 13.8 Å². The molecule has 1 heterocycles. The molecule has 2 aromatic rings. The quantitative estimate of drug-likeness (QED) is 0.336.